The third kappa shape index (κ3) is 3.65. The van der Waals surface area contributed by atoms with Gasteiger partial charge >= 0.3 is 0 Å². The van der Waals surface area contributed by atoms with E-state index in [9.17, 15) is 9.59 Å². The van der Waals surface area contributed by atoms with Gasteiger partial charge in [0.25, 0.3) is 0 Å². The third-order valence-electron chi connectivity index (χ3n) is 2.33. The van der Waals surface area contributed by atoms with Crippen molar-refractivity contribution in [2.75, 3.05) is 0 Å². The summed E-state index contributed by atoms with van der Waals surface area (Å²) < 4.78 is 0. The Labute approximate surface area is 118 Å². The van der Waals surface area contributed by atoms with E-state index in [-0.39, 0.29) is 12.3 Å². The third-order valence-corrected chi connectivity index (χ3v) is 4.38. The molecule has 0 spiro atoms. The molecule has 0 aromatic carbocycles. The summed E-state index contributed by atoms with van der Waals surface area (Å²) in [6, 6.07) is 3.88. The first-order valence-electron chi connectivity index (χ1n) is 5.48. The first-order chi connectivity index (χ1) is 9.06. The quantitative estimate of drug-likeness (QED) is 0.639. The van der Waals surface area contributed by atoms with Crippen LogP contribution in [-0.4, -0.2) is 27.9 Å². The molecule has 8 heteroatoms. The van der Waals surface area contributed by atoms with Crippen LogP contribution in [0, 0.1) is 0 Å². The number of thiophene rings is 1. The first-order valence-corrected chi connectivity index (χ1v) is 7.24. The van der Waals surface area contributed by atoms with Gasteiger partial charge in [-0.2, -0.15) is 5.10 Å². The van der Waals surface area contributed by atoms with Crippen molar-refractivity contribution in [2.24, 2.45) is 15.9 Å². The van der Waals surface area contributed by atoms with E-state index in [2.05, 4.69) is 15.5 Å². The fraction of sp³-hybridized carbons (Fsp3) is 0.273. The SMILES string of the molecule is C/C(=N/N=C1/NC(=O)[C@H](CC(N)=O)S1)c1cccs1. The molecule has 100 valence electrons. The van der Waals surface area contributed by atoms with Crippen molar-refractivity contribution in [3.05, 3.63) is 22.4 Å². The molecule has 6 nitrogen and oxygen atoms in total. The summed E-state index contributed by atoms with van der Waals surface area (Å²) in [5, 5.41) is 12.5. The number of amidine groups is 1. The number of nitrogens with zero attached hydrogens (tertiary/aromatic N) is 2. The maximum absolute atomic E-state index is 11.5. The molecule has 1 saturated heterocycles. The van der Waals surface area contributed by atoms with E-state index in [1.54, 1.807) is 11.3 Å². The topological polar surface area (TPSA) is 96.9 Å². The van der Waals surface area contributed by atoms with Gasteiger partial charge < -0.3 is 11.1 Å². The molecule has 2 rings (SSSR count). The van der Waals surface area contributed by atoms with E-state index in [1.165, 1.54) is 11.8 Å². The van der Waals surface area contributed by atoms with Crippen LogP contribution in [0.1, 0.15) is 18.2 Å². The summed E-state index contributed by atoms with van der Waals surface area (Å²) in [6.07, 6.45) is 0.00312. The number of nitrogens with two attached hydrogens (primary N) is 1. The highest BCUT2D eigenvalue weighted by Crippen LogP contribution is 2.22. The van der Waals surface area contributed by atoms with Gasteiger partial charge in [0.2, 0.25) is 11.8 Å². The Bertz CT molecular complexity index is 551. The molecule has 19 heavy (non-hydrogen) atoms. The lowest BCUT2D eigenvalue weighted by atomic mass is 10.3. The number of nitrogens with one attached hydrogen (secondary N) is 1. The van der Waals surface area contributed by atoms with Gasteiger partial charge in [0, 0.05) is 6.42 Å². The van der Waals surface area contributed by atoms with Crippen molar-refractivity contribution in [1.82, 2.24) is 5.32 Å². The van der Waals surface area contributed by atoms with E-state index in [1.807, 2.05) is 24.4 Å². The molecule has 1 aromatic rings. The lowest BCUT2D eigenvalue weighted by Gasteiger charge is -1.98. The zero-order chi connectivity index (χ0) is 13.8. The highest BCUT2D eigenvalue weighted by molar-refractivity contribution is 8.15. The summed E-state index contributed by atoms with van der Waals surface area (Å²) in [4.78, 5) is 23.3. The molecule has 0 unspecified atom stereocenters. The predicted octanol–water partition coefficient (Wildman–Crippen LogP) is 0.935. The number of carbonyl (C=O) groups excluding carboxylic acids is 2. The largest absolute Gasteiger partial charge is 0.370 e. The van der Waals surface area contributed by atoms with E-state index in [0.717, 1.165) is 10.6 Å². The van der Waals surface area contributed by atoms with Gasteiger partial charge in [-0.1, -0.05) is 17.8 Å². The summed E-state index contributed by atoms with van der Waals surface area (Å²) in [5.41, 5.74) is 5.84. The maximum atomic E-state index is 11.5. The normalized spacial score (nSPS) is 21.7. The van der Waals surface area contributed by atoms with Gasteiger partial charge in [0.05, 0.1) is 10.6 Å². The predicted molar refractivity (Wildman–Crippen MR) is 77.3 cm³/mol. The number of hydrogen-bond acceptors (Lipinski definition) is 6. The Balaban J connectivity index is 2.04. The molecule has 0 bridgehead atoms. The molecule has 1 aromatic heterocycles. The molecule has 0 saturated carbocycles. The molecule has 3 N–H and O–H groups in total. The molecule has 1 aliphatic heterocycles. The van der Waals surface area contributed by atoms with Gasteiger partial charge in [-0.3, -0.25) is 9.59 Å². The summed E-state index contributed by atoms with van der Waals surface area (Å²) in [5.74, 6) is -0.765. The van der Waals surface area contributed by atoms with E-state index in [0.29, 0.717) is 5.17 Å². The number of hydrogen-bond donors (Lipinski definition) is 2. The van der Waals surface area contributed by atoms with Crippen molar-refractivity contribution in [3.8, 4) is 0 Å². The number of amides is 2. The van der Waals surface area contributed by atoms with Gasteiger partial charge in [-0.05, 0) is 18.4 Å². The van der Waals surface area contributed by atoms with Crippen LogP contribution in [-0.2, 0) is 9.59 Å². The van der Waals surface area contributed by atoms with E-state index < -0.39 is 11.2 Å². The molecule has 2 amide bonds. The zero-order valence-electron chi connectivity index (χ0n) is 10.1. The average Bonchev–Trinajstić information content (AvgIpc) is 2.96. The van der Waals surface area contributed by atoms with Crippen LogP contribution < -0.4 is 11.1 Å². The first kappa shape index (κ1) is 13.8. The minimum absolute atomic E-state index is 0.00312. The van der Waals surface area contributed by atoms with Crippen molar-refractivity contribution in [1.29, 1.82) is 0 Å². The minimum atomic E-state index is -0.507. The van der Waals surface area contributed by atoms with Crippen molar-refractivity contribution < 1.29 is 9.59 Å². The fourth-order valence-corrected chi connectivity index (χ4v) is 3.03. The van der Waals surface area contributed by atoms with Gasteiger partial charge in [-0.15, -0.1) is 16.4 Å². The number of carbonyl (C=O) groups is 2. The van der Waals surface area contributed by atoms with Gasteiger partial charge in [0.1, 0.15) is 5.25 Å². The summed E-state index contributed by atoms with van der Waals surface area (Å²) >= 11 is 2.74. The Kier molecular flexibility index (Phi) is 4.33. The van der Waals surface area contributed by atoms with Crippen LogP contribution in [0.3, 0.4) is 0 Å². The van der Waals surface area contributed by atoms with Crippen LogP contribution >= 0.6 is 23.1 Å². The second-order valence-corrected chi connectivity index (χ2v) is 5.97. The highest BCUT2D eigenvalue weighted by atomic mass is 32.2. The molecular weight excluding hydrogens is 284 g/mol. The monoisotopic (exact) mass is 296 g/mol. The van der Waals surface area contributed by atoms with Crippen molar-refractivity contribution in [3.63, 3.8) is 0 Å². The van der Waals surface area contributed by atoms with Crippen LogP contribution in [0.2, 0.25) is 0 Å². The number of rotatable bonds is 4. The smallest absolute Gasteiger partial charge is 0.240 e. The Morgan fingerprint density at radius 1 is 1.58 bits per heavy atom. The number of thioether (sulfide) groups is 1. The molecule has 0 aliphatic carbocycles. The molecule has 0 radical (unpaired) electrons. The molecule has 1 atom stereocenters. The average molecular weight is 296 g/mol. The molecular formula is C11H12N4O2S2. The van der Waals surface area contributed by atoms with Crippen LogP contribution in [0.5, 0.6) is 0 Å². The van der Waals surface area contributed by atoms with Gasteiger partial charge in [-0.25, -0.2) is 0 Å². The Morgan fingerprint density at radius 3 is 3.00 bits per heavy atom. The van der Waals surface area contributed by atoms with Gasteiger partial charge in [0.15, 0.2) is 5.17 Å². The standard InChI is InChI=1S/C11H12N4O2S2/c1-6(7-3-2-4-18-7)14-15-11-13-10(17)8(19-11)5-9(12)16/h2-4,8H,5H2,1H3,(H2,12,16)(H,13,15,17)/b14-6-/t8-/m0/s1. The second kappa shape index (κ2) is 5.98. The zero-order valence-corrected chi connectivity index (χ0v) is 11.8. The Hall–Kier alpha value is -1.67. The van der Waals surface area contributed by atoms with Crippen molar-refractivity contribution in [2.45, 2.75) is 18.6 Å². The highest BCUT2D eigenvalue weighted by Gasteiger charge is 2.31. The van der Waals surface area contributed by atoms with Crippen molar-refractivity contribution >= 4 is 45.8 Å². The van der Waals surface area contributed by atoms with E-state index >= 15 is 0 Å². The summed E-state index contributed by atoms with van der Waals surface area (Å²) in [6.45, 7) is 1.85. The van der Waals surface area contributed by atoms with Crippen LogP contribution in [0.15, 0.2) is 27.7 Å². The minimum Gasteiger partial charge on any atom is -0.370 e. The maximum Gasteiger partial charge on any atom is 0.240 e. The molecule has 1 aliphatic rings. The second-order valence-electron chi connectivity index (χ2n) is 3.83. The summed E-state index contributed by atoms with van der Waals surface area (Å²) in [7, 11) is 0. The Morgan fingerprint density at radius 2 is 2.37 bits per heavy atom. The molecule has 1 fully saturated rings. The number of primary amides is 1. The van der Waals surface area contributed by atoms with E-state index in [4.69, 9.17) is 5.73 Å². The lowest BCUT2D eigenvalue weighted by molar-refractivity contribution is -0.123. The molecule has 2 heterocycles. The fourth-order valence-electron chi connectivity index (χ4n) is 1.42. The van der Waals surface area contributed by atoms with Crippen LogP contribution in [0.4, 0.5) is 0 Å². The van der Waals surface area contributed by atoms with Crippen LogP contribution in [0.25, 0.3) is 0 Å². The lowest BCUT2D eigenvalue weighted by Crippen LogP contribution is -2.28.